The van der Waals surface area contributed by atoms with E-state index in [2.05, 4.69) is 41.7 Å². The highest BCUT2D eigenvalue weighted by Crippen LogP contribution is 2.44. The van der Waals surface area contributed by atoms with Crippen LogP contribution in [-0.2, 0) is 16.1 Å². The summed E-state index contributed by atoms with van der Waals surface area (Å²) in [5.41, 5.74) is 2.42. The molecule has 3 unspecified atom stereocenters. The molecule has 1 saturated carbocycles. The van der Waals surface area contributed by atoms with Gasteiger partial charge in [-0.25, -0.2) is 0 Å². The molecule has 1 aromatic rings. The van der Waals surface area contributed by atoms with Gasteiger partial charge < -0.3 is 14.8 Å². The summed E-state index contributed by atoms with van der Waals surface area (Å²) >= 11 is 0. The van der Waals surface area contributed by atoms with E-state index in [-0.39, 0.29) is 0 Å². The van der Waals surface area contributed by atoms with Gasteiger partial charge in [0.1, 0.15) is 0 Å². The molecule has 0 aliphatic heterocycles. The maximum Gasteiger partial charge on any atom is 0.0718 e. The van der Waals surface area contributed by atoms with Crippen molar-refractivity contribution in [2.75, 3.05) is 25.6 Å². The number of hydrogen-bond acceptors (Lipinski definition) is 3. The van der Waals surface area contributed by atoms with E-state index in [1.165, 1.54) is 24.1 Å². The van der Waals surface area contributed by atoms with E-state index in [1.807, 2.05) is 0 Å². The van der Waals surface area contributed by atoms with Gasteiger partial charge in [-0.3, -0.25) is 0 Å². The first-order valence-electron chi connectivity index (χ1n) is 7.45. The molecule has 1 aromatic carbocycles. The van der Waals surface area contributed by atoms with Crippen LogP contribution in [0.25, 0.3) is 0 Å². The van der Waals surface area contributed by atoms with Crippen LogP contribution in [0, 0.1) is 11.8 Å². The molecule has 3 nitrogen and oxygen atoms in total. The van der Waals surface area contributed by atoms with Crippen LogP contribution in [0.4, 0.5) is 5.69 Å². The fourth-order valence-corrected chi connectivity index (χ4v) is 3.18. The summed E-state index contributed by atoms with van der Waals surface area (Å²) in [7, 11) is 1.69. The molecule has 1 fully saturated rings. The molecular weight excluding hydrogens is 250 g/mol. The van der Waals surface area contributed by atoms with Crippen LogP contribution in [-0.4, -0.2) is 26.4 Å². The van der Waals surface area contributed by atoms with Gasteiger partial charge in [0.05, 0.1) is 19.8 Å². The van der Waals surface area contributed by atoms with Crippen molar-refractivity contribution < 1.29 is 9.47 Å². The maximum atomic E-state index is 5.57. The normalized spacial score (nSPS) is 27.1. The van der Waals surface area contributed by atoms with Crippen molar-refractivity contribution in [2.24, 2.45) is 11.8 Å². The van der Waals surface area contributed by atoms with Crippen molar-refractivity contribution in [3.8, 4) is 0 Å². The lowest BCUT2D eigenvalue weighted by Crippen LogP contribution is -2.43. The average molecular weight is 273 g/mol. The van der Waals surface area contributed by atoms with Gasteiger partial charge in [0.2, 0.25) is 0 Å². The molecule has 0 amide bonds. The highest BCUT2D eigenvalue weighted by molar-refractivity contribution is 5.47. The van der Waals surface area contributed by atoms with Crippen LogP contribution < -0.4 is 5.32 Å². The zero-order chi connectivity index (χ0) is 13.8. The van der Waals surface area contributed by atoms with Crippen LogP contribution in [0.2, 0.25) is 0 Å². The minimum Gasteiger partial charge on any atom is -0.382 e. The first kappa shape index (κ1) is 13.7. The number of fused-ring (bicyclic) bond motifs is 1. The van der Waals surface area contributed by atoms with E-state index < -0.39 is 0 Å². The van der Waals surface area contributed by atoms with Gasteiger partial charge in [-0.1, -0.05) is 24.3 Å². The molecule has 0 radical (unpaired) electrons. The first-order valence-corrected chi connectivity index (χ1v) is 7.45. The van der Waals surface area contributed by atoms with Gasteiger partial charge in [0, 0.05) is 24.8 Å². The number of benzene rings is 1. The molecule has 108 valence electrons. The third-order valence-electron chi connectivity index (χ3n) is 4.34. The minimum atomic E-state index is 0.614. The zero-order valence-corrected chi connectivity index (χ0v) is 12.0. The molecule has 3 heteroatoms. The Balaban J connectivity index is 1.51. The van der Waals surface area contributed by atoms with Crippen molar-refractivity contribution in [1.82, 2.24) is 0 Å². The van der Waals surface area contributed by atoms with E-state index in [0.29, 0.717) is 25.9 Å². The molecule has 2 aliphatic carbocycles. The Morgan fingerprint density at radius 2 is 2.25 bits per heavy atom. The highest BCUT2D eigenvalue weighted by atomic mass is 16.5. The van der Waals surface area contributed by atoms with Crippen molar-refractivity contribution >= 4 is 5.69 Å². The van der Waals surface area contributed by atoms with Crippen molar-refractivity contribution in [3.63, 3.8) is 0 Å². The number of rotatable bonds is 7. The Bertz CT molecular complexity index is 472. The van der Waals surface area contributed by atoms with Crippen LogP contribution in [0.3, 0.4) is 0 Å². The van der Waals surface area contributed by atoms with Crippen LogP contribution in [0.1, 0.15) is 18.4 Å². The van der Waals surface area contributed by atoms with Gasteiger partial charge in [0.25, 0.3) is 0 Å². The summed E-state index contributed by atoms with van der Waals surface area (Å²) in [6.07, 6.45) is 7.28. The molecule has 1 N–H and O–H groups in total. The van der Waals surface area contributed by atoms with E-state index in [1.54, 1.807) is 7.11 Å². The smallest absolute Gasteiger partial charge is 0.0718 e. The van der Waals surface area contributed by atoms with Gasteiger partial charge in [-0.05, 0) is 36.5 Å². The Labute approximate surface area is 121 Å². The Morgan fingerprint density at radius 1 is 1.30 bits per heavy atom. The average Bonchev–Trinajstić information content (AvgIpc) is 2.83. The fourth-order valence-electron chi connectivity index (χ4n) is 3.18. The molecule has 3 rings (SSSR count). The lowest BCUT2D eigenvalue weighted by molar-refractivity contribution is 0.0617. The Kier molecular flexibility index (Phi) is 4.38. The number of allylic oxidation sites excluding steroid dienone is 1. The fraction of sp³-hybridized carbons (Fsp3) is 0.529. The van der Waals surface area contributed by atoms with Gasteiger partial charge in [-0.2, -0.15) is 0 Å². The predicted molar refractivity (Wildman–Crippen MR) is 80.7 cm³/mol. The topological polar surface area (TPSA) is 30.5 Å². The molecule has 2 aliphatic rings. The summed E-state index contributed by atoms with van der Waals surface area (Å²) in [6, 6.07) is 9.15. The van der Waals surface area contributed by atoms with Crippen LogP contribution in [0.15, 0.2) is 36.4 Å². The van der Waals surface area contributed by atoms with Crippen molar-refractivity contribution in [1.29, 1.82) is 0 Å². The van der Waals surface area contributed by atoms with E-state index >= 15 is 0 Å². The number of methoxy groups -OCH3 is 1. The summed E-state index contributed by atoms with van der Waals surface area (Å²) in [5, 5.41) is 3.66. The number of hydrogen-bond donors (Lipinski definition) is 1. The predicted octanol–water partition coefficient (Wildman–Crippen LogP) is 3.23. The van der Waals surface area contributed by atoms with E-state index in [4.69, 9.17) is 9.47 Å². The summed E-state index contributed by atoms with van der Waals surface area (Å²) in [4.78, 5) is 0. The largest absolute Gasteiger partial charge is 0.382 e. The summed E-state index contributed by atoms with van der Waals surface area (Å²) in [5.74, 6) is 1.64. The zero-order valence-electron chi connectivity index (χ0n) is 12.0. The van der Waals surface area contributed by atoms with Gasteiger partial charge in [-0.15, -0.1) is 0 Å². The van der Waals surface area contributed by atoms with Gasteiger partial charge in [0.15, 0.2) is 0 Å². The second-order valence-corrected chi connectivity index (χ2v) is 5.73. The molecule has 3 atom stereocenters. The summed E-state index contributed by atoms with van der Waals surface area (Å²) in [6.45, 7) is 1.94. The highest BCUT2D eigenvalue weighted by Gasteiger charge is 2.40. The summed E-state index contributed by atoms with van der Waals surface area (Å²) < 4.78 is 10.5. The number of ether oxygens (including phenoxy) is 2. The van der Waals surface area contributed by atoms with Gasteiger partial charge >= 0.3 is 0 Å². The van der Waals surface area contributed by atoms with Crippen molar-refractivity contribution in [3.05, 3.63) is 42.0 Å². The van der Waals surface area contributed by atoms with Crippen LogP contribution in [0.5, 0.6) is 0 Å². The molecule has 0 heterocycles. The van der Waals surface area contributed by atoms with E-state index in [9.17, 15) is 0 Å². The Hall–Kier alpha value is -1.32. The maximum absolute atomic E-state index is 5.57. The minimum absolute atomic E-state index is 0.614. The Morgan fingerprint density at radius 3 is 3.10 bits per heavy atom. The number of nitrogens with one attached hydrogen (secondary N) is 1. The number of anilines is 1. The lowest BCUT2D eigenvalue weighted by atomic mass is 9.71. The monoisotopic (exact) mass is 273 g/mol. The lowest BCUT2D eigenvalue weighted by Gasteiger charge is -2.41. The quantitative estimate of drug-likeness (QED) is 0.611. The van der Waals surface area contributed by atoms with E-state index in [0.717, 1.165) is 11.8 Å². The third-order valence-corrected chi connectivity index (χ3v) is 4.34. The second kappa shape index (κ2) is 6.42. The first-order chi connectivity index (χ1) is 9.86. The molecule has 0 saturated heterocycles. The molecular formula is C17H23NO2. The molecule has 20 heavy (non-hydrogen) atoms. The van der Waals surface area contributed by atoms with Crippen LogP contribution >= 0.6 is 0 Å². The second-order valence-electron chi connectivity index (χ2n) is 5.73. The molecule has 0 aromatic heterocycles. The third kappa shape index (κ3) is 3.05. The molecule has 0 bridgehead atoms. The standard InChI is InChI=1S/C17H23NO2/c1-19-8-9-20-12-13-4-2-6-15(10-13)18-17-11-14-5-3-7-16(14)17/h2-4,6-7,10,14,16-18H,5,8-9,11-12H2,1H3. The molecule has 0 spiro atoms. The SMILES string of the molecule is COCCOCc1cccc(NC2CC3CC=CC32)c1. The van der Waals surface area contributed by atoms with Crippen molar-refractivity contribution in [2.45, 2.75) is 25.5 Å².